The predicted octanol–water partition coefficient (Wildman–Crippen LogP) is 16.3. The molecular weight excluding hydrogens is 827 g/mol. The van der Waals surface area contributed by atoms with Crippen LogP contribution in [0.25, 0.3) is 111 Å². The molecule has 9 aromatic carbocycles. The first-order valence-corrected chi connectivity index (χ1v) is 23.4. The molecular formula is C63H49N5. The van der Waals surface area contributed by atoms with Crippen molar-refractivity contribution < 1.29 is 0 Å². The highest BCUT2D eigenvalue weighted by molar-refractivity contribution is 6.13. The molecule has 0 unspecified atom stereocenters. The number of fused-ring (bicyclic) bond motifs is 6. The minimum atomic E-state index is 0.634. The van der Waals surface area contributed by atoms with Gasteiger partial charge in [-0.15, -0.1) is 0 Å². The van der Waals surface area contributed by atoms with E-state index in [2.05, 4.69) is 178 Å². The molecule has 0 radical (unpaired) electrons. The largest absolute Gasteiger partial charge is 0.309 e. The Hall–Kier alpha value is -8.41. The van der Waals surface area contributed by atoms with Crippen LogP contribution in [-0.2, 0) is 0 Å². The van der Waals surface area contributed by atoms with Crippen LogP contribution in [-0.4, -0.2) is 24.1 Å². The molecule has 326 valence electrons. The summed E-state index contributed by atoms with van der Waals surface area (Å²) in [7, 11) is 0. The van der Waals surface area contributed by atoms with Gasteiger partial charge >= 0.3 is 0 Å². The lowest BCUT2D eigenvalue weighted by Gasteiger charge is -2.13. The third-order valence-corrected chi connectivity index (χ3v) is 13.7. The summed E-state index contributed by atoms with van der Waals surface area (Å²) in [5, 5.41) is 4.88. The maximum Gasteiger partial charge on any atom is 0.164 e. The molecule has 0 aliphatic rings. The number of hydrogen-bond donors (Lipinski definition) is 0. The highest BCUT2D eigenvalue weighted by Gasteiger charge is 2.20. The monoisotopic (exact) mass is 875 g/mol. The zero-order valence-electron chi connectivity index (χ0n) is 39.1. The van der Waals surface area contributed by atoms with E-state index in [0.717, 1.165) is 39.1 Å². The first kappa shape index (κ1) is 41.1. The van der Waals surface area contributed by atoms with Crippen LogP contribution >= 0.6 is 0 Å². The molecule has 12 aromatic rings. The summed E-state index contributed by atoms with van der Waals surface area (Å²) in [6.07, 6.45) is 0. The van der Waals surface area contributed by atoms with Crippen molar-refractivity contribution in [3.05, 3.63) is 221 Å². The molecule has 0 aliphatic carbocycles. The molecule has 12 rings (SSSR count). The van der Waals surface area contributed by atoms with E-state index in [0.29, 0.717) is 17.5 Å². The van der Waals surface area contributed by atoms with Gasteiger partial charge in [-0.25, -0.2) is 15.0 Å². The Morgan fingerprint density at radius 2 is 0.632 bits per heavy atom. The molecule has 3 aromatic heterocycles. The summed E-state index contributed by atoms with van der Waals surface area (Å²) in [6.45, 7) is 13.3. The molecule has 0 atom stereocenters. The standard InChI is InChI=1S/C63H49N5/c1-38-31-40(3)59(41(4)32-38)47-23-28-56-52(35-47)53-36-48(60-42(5)33-39(2)34-43(60)6)24-29-57(53)68(56)50-27-30-58-54(37-50)51-19-13-14-20-55(51)67(58)49-25-21-46(22-26-49)63-65-61(44-15-9-7-10-16-44)64-62(66-63)45-17-11-8-12-18-45/h7-37H,1-6H3. The highest BCUT2D eigenvalue weighted by atomic mass is 15.0. The quantitative estimate of drug-likeness (QED) is 0.160. The van der Waals surface area contributed by atoms with Crippen molar-refractivity contribution in [2.24, 2.45) is 0 Å². The maximum absolute atomic E-state index is 5.00. The molecule has 5 nitrogen and oxygen atoms in total. The highest BCUT2D eigenvalue weighted by Crippen LogP contribution is 2.41. The number of aryl methyl sites for hydroxylation is 6. The van der Waals surface area contributed by atoms with Crippen LogP contribution < -0.4 is 0 Å². The Kier molecular flexibility index (Phi) is 9.77. The van der Waals surface area contributed by atoms with Gasteiger partial charge in [0.1, 0.15) is 0 Å². The minimum Gasteiger partial charge on any atom is -0.309 e. The first-order chi connectivity index (χ1) is 33.2. The van der Waals surface area contributed by atoms with Crippen molar-refractivity contribution >= 4 is 43.6 Å². The molecule has 0 aliphatic heterocycles. The van der Waals surface area contributed by atoms with Gasteiger partial charge in [0, 0.05) is 49.6 Å². The Morgan fingerprint density at radius 1 is 0.279 bits per heavy atom. The third-order valence-electron chi connectivity index (χ3n) is 13.7. The zero-order chi connectivity index (χ0) is 46.2. The van der Waals surface area contributed by atoms with E-state index < -0.39 is 0 Å². The smallest absolute Gasteiger partial charge is 0.164 e. The fourth-order valence-electron chi connectivity index (χ4n) is 11.0. The second kappa shape index (κ2) is 16.2. The summed E-state index contributed by atoms with van der Waals surface area (Å²) in [4.78, 5) is 14.9. The van der Waals surface area contributed by atoms with Crippen LogP contribution in [0.4, 0.5) is 0 Å². The molecule has 3 heterocycles. The summed E-state index contributed by atoms with van der Waals surface area (Å²) in [5.74, 6) is 1.93. The molecule has 0 amide bonds. The zero-order valence-corrected chi connectivity index (χ0v) is 39.1. The number of para-hydroxylation sites is 1. The summed E-state index contributed by atoms with van der Waals surface area (Å²) >= 11 is 0. The number of aromatic nitrogens is 5. The molecule has 0 spiro atoms. The minimum absolute atomic E-state index is 0.634. The number of nitrogens with zero attached hydrogens (tertiary/aromatic N) is 5. The van der Waals surface area contributed by atoms with Gasteiger partial charge < -0.3 is 9.13 Å². The van der Waals surface area contributed by atoms with E-state index in [-0.39, 0.29) is 0 Å². The molecule has 0 bridgehead atoms. The van der Waals surface area contributed by atoms with Gasteiger partial charge in [-0.2, -0.15) is 0 Å². The average Bonchev–Trinajstić information content (AvgIpc) is 3.85. The van der Waals surface area contributed by atoms with Crippen molar-refractivity contribution in [2.45, 2.75) is 41.5 Å². The maximum atomic E-state index is 5.00. The number of rotatable bonds is 7. The van der Waals surface area contributed by atoms with Gasteiger partial charge in [0.25, 0.3) is 0 Å². The third kappa shape index (κ3) is 6.89. The Bertz CT molecular complexity index is 3730. The van der Waals surface area contributed by atoms with E-state index in [4.69, 9.17) is 15.0 Å². The molecule has 0 fully saturated rings. The summed E-state index contributed by atoms with van der Waals surface area (Å²) in [6, 6.07) is 67.9. The molecule has 0 saturated carbocycles. The van der Waals surface area contributed by atoms with E-state index in [1.54, 1.807) is 0 Å². The fourth-order valence-corrected chi connectivity index (χ4v) is 11.0. The normalized spacial score (nSPS) is 11.7. The van der Waals surface area contributed by atoms with Gasteiger partial charge in [0.15, 0.2) is 17.5 Å². The number of benzene rings is 9. The Morgan fingerprint density at radius 3 is 1.12 bits per heavy atom. The SMILES string of the molecule is Cc1cc(C)c(-c2ccc3c(c2)c2cc(-c4c(C)cc(C)cc4C)ccc2n3-c2ccc3c(c2)c2ccccc2n3-c2ccc(-c3nc(-c4ccccc4)nc(-c4ccccc4)n3)cc2)c(C)c1. The summed E-state index contributed by atoms with van der Waals surface area (Å²) < 4.78 is 4.84. The van der Waals surface area contributed by atoms with Gasteiger partial charge in [-0.05, 0) is 159 Å². The van der Waals surface area contributed by atoms with Gasteiger partial charge in [0.05, 0.1) is 22.1 Å². The molecule has 0 saturated heterocycles. The van der Waals surface area contributed by atoms with Crippen molar-refractivity contribution in [3.8, 4) is 67.8 Å². The van der Waals surface area contributed by atoms with Crippen LogP contribution in [0.1, 0.15) is 33.4 Å². The lowest BCUT2D eigenvalue weighted by molar-refractivity contribution is 1.07. The van der Waals surface area contributed by atoms with E-state index in [1.807, 2.05) is 60.7 Å². The Balaban J connectivity index is 1.01. The van der Waals surface area contributed by atoms with E-state index >= 15 is 0 Å². The van der Waals surface area contributed by atoms with Crippen LogP contribution in [0.15, 0.2) is 188 Å². The van der Waals surface area contributed by atoms with Crippen LogP contribution in [0, 0.1) is 41.5 Å². The van der Waals surface area contributed by atoms with Gasteiger partial charge in [-0.1, -0.05) is 126 Å². The predicted molar refractivity (Wildman–Crippen MR) is 284 cm³/mol. The molecule has 5 heteroatoms. The summed E-state index contributed by atoms with van der Waals surface area (Å²) in [5.41, 5.74) is 22.6. The second-order valence-electron chi connectivity index (χ2n) is 18.5. The fraction of sp³-hybridized carbons (Fsp3) is 0.0952. The van der Waals surface area contributed by atoms with Gasteiger partial charge in [0.2, 0.25) is 0 Å². The Labute approximate surface area is 396 Å². The molecule has 68 heavy (non-hydrogen) atoms. The van der Waals surface area contributed by atoms with Crippen LogP contribution in [0.2, 0.25) is 0 Å². The molecule has 0 N–H and O–H groups in total. The number of hydrogen-bond acceptors (Lipinski definition) is 3. The van der Waals surface area contributed by atoms with E-state index in [9.17, 15) is 0 Å². The van der Waals surface area contributed by atoms with Crippen LogP contribution in [0.5, 0.6) is 0 Å². The van der Waals surface area contributed by atoms with Gasteiger partial charge in [-0.3, -0.25) is 0 Å². The first-order valence-electron chi connectivity index (χ1n) is 23.4. The topological polar surface area (TPSA) is 48.5 Å². The lowest BCUT2D eigenvalue weighted by Crippen LogP contribution is -2.00. The van der Waals surface area contributed by atoms with Crippen molar-refractivity contribution in [1.29, 1.82) is 0 Å². The average molecular weight is 876 g/mol. The van der Waals surface area contributed by atoms with Crippen molar-refractivity contribution in [1.82, 2.24) is 24.1 Å². The van der Waals surface area contributed by atoms with Crippen LogP contribution in [0.3, 0.4) is 0 Å². The van der Waals surface area contributed by atoms with Crippen molar-refractivity contribution in [2.75, 3.05) is 0 Å². The van der Waals surface area contributed by atoms with Crippen molar-refractivity contribution in [3.63, 3.8) is 0 Å². The van der Waals surface area contributed by atoms with E-state index in [1.165, 1.54) is 88.2 Å². The lowest BCUT2D eigenvalue weighted by atomic mass is 9.91. The second-order valence-corrected chi connectivity index (χ2v) is 18.5.